The molecule has 0 fully saturated rings. The Labute approximate surface area is 195 Å². The van der Waals surface area contributed by atoms with Gasteiger partial charge in [-0.3, -0.25) is 14.2 Å². The van der Waals surface area contributed by atoms with E-state index in [1.54, 1.807) is 4.57 Å². The normalized spacial score (nSPS) is 11.5. The van der Waals surface area contributed by atoms with Crippen LogP contribution in [0.4, 0.5) is 0 Å². The number of rotatable bonds is 7. The summed E-state index contributed by atoms with van der Waals surface area (Å²) in [4.78, 5) is 35.2. The van der Waals surface area contributed by atoms with E-state index in [4.69, 9.17) is 4.52 Å². The summed E-state index contributed by atoms with van der Waals surface area (Å²) < 4.78 is 8.46. The average molecular weight is 457 g/mol. The Bertz CT molecular complexity index is 1530. The van der Waals surface area contributed by atoms with E-state index in [1.165, 1.54) is 10.9 Å². The highest BCUT2D eigenvalue weighted by atomic mass is 16.5. The Kier molecular flexibility index (Phi) is 5.67. The number of para-hydroxylation sites is 1. The van der Waals surface area contributed by atoms with Crippen LogP contribution in [0.1, 0.15) is 37.0 Å². The summed E-state index contributed by atoms with van der Waals surface area (Å²) in [6.07, 6.45) is 1.48. The molecular weight excluding hydrogens is 432 g/mol. The van der Waals surface area contributed by atoms with Crippen LogP contribution < -0.4 is 10.9 Å². The molecule has 0 bridgehead atoms. The molecule has 3 heterocycles. The van der Waals surface area contributed by atoms with Crippen molar-refractivity contribution >= 4 is 27.8 Å². The first-order valence-corrected chi connectivity index (χ1v) is 11.1. The molecule has 0 unspecified atom stereocenters. The van der Waals surface area contributed by atoms with Crippen LogP contribution in [0.25, 0.3) is 21.9 Å². The lowest BCUT2D eigenvalue weighted by atomic mass is 10.2. The summed E-state index contributed by atoms with van der Waals surface area (Å²) in [6.45, 7) is 4.44. The van der Waals surface area contributed by atoms with Gasteiger partial charge in [0.05, 0.1) is 11.8 Å². The molecule has 172 valence electrons. The zero-order valence-corrected chi connectivity index (χ0v) is 18.9. The van der Waals surface area contributed by atoms with Crippen molar-refractivity contribution in [2.75, 3.05) is 0 Å². The zero-order chi connectivity index (χ0) is 23.7. The molecule has 9 nitrogen and oxygen atoms in total. The van der Waals surface area contributed by atoms with Crippen LogP contribution in [0.2, 0.25) is 0 Å². The molecule has 0 aliphatic heterocycles. The number of benzene rings is 2. The molecule has 9 heteroatoms. The number of aromatic nitrogens is 5. The Balaban J connectivity index is 1.50. The van der Waals surface area contributed by atoms with E-state index < -0.39 is 0 Å². The maximum Gasteiger partial charge on any atom is 0.278 e. The van der Waals surface area contributed by atoms with Gasteiger partial charge in [0.25, 0.3) is 5.56 Å². The molecule has 0 saturated heterocycles. The van der Waals surface area contributed by atoms with E-state index in [0.717, 1.165) is 16.5 Å². The van der Waals surface area contributed by atoms with Gasteiger partial charge in [-0.15, -0.1) is 0 Å². The van der Waals surface area contributed by atoms with Gasteiger partial charge in [0.1, 0.15) is 24.1 Å². The molecule has 0 spiro atoms. The monoisotopic (exact) mass is 456 g/mol. The highest BCUT2D eigenvalue weighted by molar-refractivity contribution is 6.06. The van der Waals surface area contributed by atoms with Crippen molar-refractivity contribution < 1.29 is 9.32 Å². The first kappa shape index (κ1) is 21.6. The third-order valence-electron chi connectivity index (χ3n) is 5.67. The fourth-order valence-electron chi connectivity index (χ4n) is 3.93. The number of fused-ring (bicyclic) bond motifs is 3. The molecular formula is C25H24N6O3. The van der Waals surface area contributed by atoms with E-state index in [1.807, 2.05) is 68.4 Å². The largest absolute Gasteiger partial charge is 0.350 e. The van der Waals surface area contributed by atoms with Gasteiger partial charge in [-0.05, 0) is 11.6 Å². The number of hydrogen-bond donors (Lipinski definition) is 1. The van der Waals surface area contributed by atoms with Gasteiger partial charge in [-0.1, -0.05) is 67.5 Å². The van der Waals surface area contributed by atoms with Crippen LogP contribution in [-0.4, -0.2) is 30.2 Å². The van der Waals surface area contributed by atoms with E-state index in [0.29, 0.717) is 29.3 Å². The van der Waals surface area contributed by atoms with Crippen LogP contribution in [-0.2, 0) is 24.4 Å². The van der Waals surface area contributed by atoms with E-state index in [-0.39, 0.29) is 30.5 Å². The second-order valence-electron chi connectivity index (χ2n) is 8.44. The molecule has 1 amide bonds. The van der Waals surface area contributed by atoms with Crippen molar-refractivity contribution in [2.45, 2.75) is 39.4 Å². The van der Waals surface area contributed by atoms with Crippen LogP contribution in [0.5, 0.6) is 0 Å². The molecule has 1 N–H and O–H groups in total. The summed E-state index contributed by atoms with van der Waals surface area (Å²) in [5, 5.41) is 7.71. The Morgan fingerprint density at radius 1 is 1.09 bits per heavy atom. The molecule has 0 saturated carbocycles. The maximum absolute atomic E-state index is 13.5. The lowest BCUT2D eigenvalue weighted by Gasteiger charge is -2.09. The molecule has 0 aliphatic rings. The number of nitrogens with zero attached hydrogens (tertiary/aromatic N) is 5. The van der Waals surface area contributed by atoms with Gasteiger partial charge in [0.15, 0.2) is 5.82 Å². The summed E-state index contributed by atoms with van der Waals surface area (Å²) in [7, 11) is 0. The molecule has 0 radical (unpaired) electrons. The Hall–Kier alpha value is -4.27. The third kappa shape index (κ3) is 4.07. The highest BCUT2D eigenvalue weighted by Gasteiger charge is 2.19. The number of carbonyl (C=O) groups is 1. The van der Waals surface area contributed by atoms with Crippen LogP contribution in [0.3, 0.4) is 0 Å². The van der Waals surface area contributed by atoms with Crippen molar-refractivity contribution in [3.8, 4) is 0 Å². The van der Waals surface area contributed by atoms with Crippen molar-refractivity contribution in [2.24, 2.45) is 0 Å². The molecule has 0 atom stereocenters. The molecule has 0 aliphatic carbocycles. The number of hydrogen-bond acceptors (Lipinski definition) is 6. The first-order chi connectivity index (χ1) is 16.5. The molecule has 2 aromatic carbocycles. The van der Waals surface area contributed by atoms with E-state index >= 15 is 0 Å². The molecule has 34 heavy (non-hydrogen) atoms. The molecule has 5 aromatic rings. The summed E-state index contributed by atoms with van der Waals surface area (Å²) in [5.74, 6) is 0.836. The minimum Gasteiger partial charge on any atom is -0.350 e. The second-order valence-corrected chi connectivity index (χ2v) is 8.44. The predicted octanol–water partition coefficient (Wildman–Crippen LogP) is 3.22. The summed E-state index contributed by atoms with van der Waals surface area (Å²) >= 11 is 0. The highest BCUT2D eigenvalue weighted by Crippen LogP contribution is 2.25. The molecule has 5 rings (SSSR count). The SMILES string of the molecule is CC(C)c1noc(Cn2cnc3c4ccccc4n(CC(=O)NCc4ccccc4)c3c2=O)n1. The fourth-order valence-corrected chi connectivity index (χ4v) is 3.93. The minimum atomic E-state index is -0.277. The van der Waals surface area contributed by atoms with E-state index in [9.17, 15) is 9.59 Å². The maximum atomic E-state index is 13.5. The van der Waals surface area contributed by atoms with Crippen LogP contribution in [0, 0.1) is 0 Å². The minimum absolute atomic E-state index is 0.00413. The standard InChI is InChI=1S/C25H24N6O3/c1-16(2)24-28-21(34-29-24)14-30-15-27-22-18-10-6-7-11-19(18)31(23(22)25(30)33)13-20(32)26-12-17-8-4-3-5-9-17/h3-11,15-16H,12-14H2,1-2H3,(H,26,32). The van der Waals surface area contributed by atoms with Gasteiger partial charge >= 0.3 is 0 Å². The Morgan fingerprint density at radius 3 is 2.62 bits per heavy atom. The van der Waals surface area contributed by atoms with Gasteiger partial charge in [0.2, 0.25) is 11.8 Å². The van der Waals surface area contributed by atoms with Gasteiger partial charge in [0, 0.05) is 17.8 Å². The smallest absolute Gasteiger partial charge is 0.278 e. The van der Waals surface area contributed by atoms with E-state index in [2.05, 4.69) is 20.4 Å². The number of nitrogens with one attached hydrogen (secondary N) is 1. The summed E-state index contributed by atoms with van der Waals surface area (Å²) in [5.41, 5.74) is 2.42. The summed E-state index contributed by atoms with van der Waals surface area (Å²) in [6, 6.07) is 17.2. The van der Waals surface area contributed by atoms with Gasteiger partial charge in [-0.2, -0.15) is 4.98 Å². The first-order valence-electron chi connectivity index (χ1n) is 11.1. The van der Waals surface area contributed by atoms with Crippen molar-refractivity contribution in [3.63, 3.8) is 0 Å². The Morgan fingerprint density at radius 2 is 1.85 bits per heavy atom. The van der Waals surface area contributed by atoms with Crippen LogP contribution in [0.15, 0.2) is 70.2 Å². The fraction of sp³-hybridized carbons (Fsp3) is 0.240. The number of carbonyl (C=O) groups excluding carboxylic acids is 1. The second kappa shape index (κ2) is 8.93. The predicted molar refractivity (Wildman–Crippen MR) is 127 cm³/mol. The van der Waals surface area contributed by atoms with Crippen LogP contribution >= 0.6 is 0 Å². The lowest BCUT2D eigenvalue weighted by Crippen LogP contribution is -2.29. The quantitative estimate of drug-likeness (QED) is 0.403. The molecule has 3 aromatic heterocycles. The average Bonchev–Trinajstić information content (AvgIpc) is 3.44. The van der Waals surface area contributed by atoms with Crippen molar-refractivity contribution in [1.82, 2.24) is 29.6 Å². The third-order valence-corrected chi connectivity index (χ3v) is 5.67. The lowest BCUT2D eigenvalue weighted by molar-refractivity contribution is -0.121. The van der Waals surface area contributed by atoms with Crippen molar-refractivity contribution in [1.29, 1.82) is 0 Å². The number of amides is 1. The van der Waals surface area contributed by atoms with Gasteiger partial charge in [-0.25, -0.2) is 4.98 Å². The van der Waals surface area contributed by atoms with Gasteiger partial charge < -0.3 is 14.4 Å². The topological polar surface area (TPSA) is 108 Å². The van der Waals surface area contributed by atoms with Crippen molar-refractivity contribution in [3.05, 3.63) is 88.6 Å². The zero-order valence-electron chi connectivity index (χ0n) is 18.9.